The number of hydrogen-bond acceptors (Lipinski definition) is 3. The average Bonchev–Trinajstić information content (AvgIpc) is 2.72. The zero-order valence-corrected chi connectivity index (χ0v) is 13.0. The summed E-state index contributed by atoms with van der Waals surface area (Å²) in [6.07, 6.45) is 9.27. The van der Waals surface area contributed by atoms with E-state index < -0.39 is 10.1 Å². The molecule has 0 unspecified atom stereocenters. The average molecular weight is 279 g/mol. The van der Waals surface area contributed by atoms with E-state index in [2.05, 4.69) is 13.8 Å². The van der Waals surface area contributed by atoms with Crippen molar-refractivity contribution >= 4 is 10.1 Å². The summed E-state index contributed by atoms with van der Waals surface area (Å²) in [6.45, 7) is 10.4. The molecule has 1 aliphatic heterocycles. The minimum absolute atomic E-state index is 0.604. The number of nitrogens with zero attached hydrogens (tertiary/aromatic N) is 1. The van der Waals surface area contributed by atoms with E-state index in [9.17, 15) is 0 Å². The maximum atomic E-state index is 9.08. The third-order valence-electron chi connectivity index (χ3n) is 3.67. The first-order chi connectivity index (χ1) is 8.33. The van der Waals surface area contributed by atoms with Crippen LogP contribution in [0.5, 0.6) is 0 Å². The van der Waals surface area contributed by atoms with Crippen molar-refractivity contribution in [2.75, 3.05) is 32.4 Å². The number of likely N-dealkylation sites (tertiary alicyclic amines) is 1. The first kappa shape index (κ1) is 17.9. The lowest BCUT2D eigenvalue weighted by Gasteiger charge is -2.33. The van der Waals surface area contributed by atoms with Crippen molar-refractivity contribution in [1.29, 1.82) is 0 Å². The summed E-state index contributed by atoms with van der Waals surface area (Å²) in [5.74, 6) is 0. The topological polar surface area (TPSA) is 57.2 Å². The molecule has 110 valence electrons. The second-order valence-electron chi connectivity index (χ2n) is 5.30. The minimum atomic E-state index is -3.92. The summed E-state index contributed by atoms with van der Waals surface area (Å²) in [5, 5.41) is 0. The quantitative estimate of drug-likeness (QED) is 0.426. The molecular weight excluding hydrogens is 250 g/mol. The van der Waals surface area contributed by atoms with E-state index in [0.29, 0.717) is 6.26 Å². The zero-order valence-electron chi connectivity index (χ0n) is 12.2. The standard InChI is InChI=1S/C12H26N.CH4O3S/c1-3-5-6-7-10-13(4-2)11-8-9-12-13;1-5(2,3)4/h3-12H2,1-2H3;1H3,(H,2,3,4)/q+1;/p-1. The van der Waals surface area contributed by atoms with Gasteiger partial charge >= 0.3 is 0 Å². The Bertz CT molecular complexity index is 287. The van der Waals surface area contributed by atoms with E-state index in [1.807, 2.05) is 0 Å². The molecule has 18 heavy (non-hydrogen) atoms. The molecule has 0 saturated carbocycles. The third-order valence-corrected chi connectivity index (χ3v) is 3.67. The van der Waals surface area contributed by atoms with Crippen molar-refractivity contribution < 1.29 is 17.5 Å². The van der Waals surface area contributed by atoms with Gasteiger partial charge in [-0.05, 0) is 19.8 Å². The van der Waals surface area contributed by atoms with Gasteiger partial charge in [-0.25, -0.2) is 8.42 Å². The van der Waals surface area contributed by atoms with Crippen LogP contribution in [-0.4, -0.2) is 49.9 Å². The van der Waals surface area contributed by atoms with Crippen LogP contribution in [0.4, 0.5) is 0 Å². The molecule has 0 aliphatic carbocycles. The van der Waals surface area contributed by atoms with Crippen LogP contribution in [0, 0.1) is 0 Å². The highest BCUT2D eigenvalue weighted by Gasteiger charge is 2.28. The van der Waals surface area contributed by atoms with Gasteiger partial charge in [0.25, 0.3) is 0 Å². The fourth-order valence-electron chi connectivity index (χ4n) is 2.58. The van der Waals surface area contributed by atoms with Crippen LogP contribution >= 0.6 is 0 Å². The number of hydrogen-bond donors (Lipinski definition) is 0. The molecule has 1 fully saturated rings. The summed E-state index contributed by atoms with van der Waals surface area (Å²) < 4.78 is 28.7. The van der Waals surface area contributed by atoms with Gasteiger partial charge in [0, 0.05) is 19.1 Å². The van der Waals surface area contributed by atoms with Crippen molar-refractivity contribution in [3.63, 3.8) is 0 Å². The molecule has 0 N–H and O–H groups in total. The molecule has 1 heterocycles. The predicted octanol–water partition coefficient (Wildman–Crippen LogP) is 2.36. The van der Waals surface area contributed by atoms with Crippen molar-refractivity contribution in [3.05, 3.63) is 0 Å². The second-order valence-corrected chi connectivity index (χ2v) is 6.71. The smallest absolute Gasteiger partial charge is 0.0916 e. The maximum Gasteiger partial charge on any atom is 0.0916 e. The predicted molar refractivity (Wildman–Crippen MR) is 74.4 cm³/mol. The highest BCUT2D eigenvalue weighted by Crippen LogP contribution is 2.20. The fraction of sp³-hybridized carbons (Fsp3) is 1.00. The Kier molecular flexibility index (Phi) is 8.82. The van der Waals surface area contributed by atoms with E-state index in [1.54, 1.807) is 0 Å². The molecule has 4 nitrogen and oxygen atoms in total. The van der Waals surface area contributed by atoms with Crippen molar-refractivity contribution in [2.45, 2.75) is 52.4 Å². The van der Waals surface area contributed by atoms with Gasteiger partial charge in [-0.3, -0.25) is 0 Å². The Hall–Kier alpha value is -0.130. The van der Waals surface area contributed by atoms with Gasteiger partial charge in [0.15, 0.2) is 0 Å². The lowest BCUT2D eigenvalue weighted by molar-refractivity contribution is -0.915. The molecule has 1 aliphatic rings. The Balaban J connectivity index is 0.000000494. The van der Waals surface area contributed by atoms with Gasteiger partial charge in [0.05, 0.1) is 36.3 Å². The van der Waals surface area contributed by atoms with E-state index in [1.165, 1.54) is 69.2 Å². The van der Waals surface area contributed by atoms with Gasteiger partial charge in [-0.15, -0.1) is 0 Å². The van der Waals surface area contributed by atoms with Gasteiger partial charge in [-0.2, -0.15) is 0 Å². The normalized spacial score (nSPS) is 18.2. The Labute approximate surface area is 113 Å². The molecule has 0 aromatic rings. The summed E-state index contributed by atoms with van der Waals surface area (Å²) in [4.78, 5) is 0. The van der Waals surface area contributed by atoms with E-state index in [4.69, 9.17) is 13.0 Å². The zero-order chi connectivity index (χ0) is 14.1. The molecule has 1 saturated heterocycles. The lowest BCUT2D eigenvalue weighted by Crippen LogP contribution is -2.45. The molecule has 0 aromatic heterocycles. The summed E-state index contributed by atoms with van der Waals surface area (Å²) in [7, 11) is -3.92. The minimum Gasteiger partial charge on any atom is -0.748 e. The Morgan fingerprint density at radius 3 is 1.94 bits per heavy atom. The van der Waals surface area contributed by atoms with Crippen LogP contribution < -0.4 is 0 Å². The molecule has 0 spiro atoms. The SMILES string of the molecule is CCCCCC[N+]1(CC)CCCC1.CS(=O)(=O)[O-]. The highest BCUT2D eigenvalue weighted by atomic mass is 32.2. The molecule has 0 amide bonds. The van der Waals surface area contributed by atoms with E-state index in [0.717, 1.165) is 0 Å². The second kappa shape index (κ2) is 8.88. The monoisotopic (exact) mass is 279 g/mol. The molecule has 0 radical (unpaired) electrons. The van der Waals surface area contributed by atoms with E-state index in [-0.39, 0.29) is 0 Å². The van der Waals surface area contributed by atoms with Gasteiger partial charge in [0.2, 0.25) is 0 Å². The van der Waals surface area contributed by atoms with Gasteiger partial charge < -0.3 is 9.04 Å². The summed E-state index contributed by atoms with van der Waals surface area (Å²) >= 11 is 0. The molecular formula is C13H29NO3S. The van der Waals surface area contributed by atoms with Gasteiger partial charge in [-0.1, -0.05) is 19.8 Å². The molecule has 5 heteroatoms. The molecule has 0 aromatic carbocycles. The van der Waals surface area contributed by atoms with Crippen molar-refractivity contribution in [1.82, 2.24) is 0 Å². The molecule has 1 rings (SSSR count). The molecule has 0 bridgehead atoms. The third kappa shape index (κ3) is 9.85. The number of rotatable bonds is 6. The highest BCUT2D eigenvalue weighted by molar-refractivity contribution is 7.84. The number of unbranched alkanes of at least 4 members (excludes halogenated alkanes) is 3. The Morgan fingerprint density at radius 1 is 1.06 bits per heavy atom. The van der Waals surface area contributed by atoms with E-state index >= 15 is 0 Å². The first-order valence-corrected chi connectivity index (χ1v) is 8.90. The van der Waals surface area contributed by atoms with Crippen LogP contribution in [0.2, 0.25) is 0 Å². The van der Waals surface area contributed by atoms with Crippen LogP contribution in [-0.2, 0) is 10.1 Å². The summed E-state index contributed by atoms with van der Waals surface area (Å²) in [5.41, 5.74) is 0. The lowest BCUT2D eigenvalue weighted by atomic mass is 10.2. The summed E-state index contributed by atoms with van der Waals surface area (Å²) in [6, 6.07) is 0. The van der Waals surface area contributed by atoms with Crippen LogP contribution in [0.15, 0.2) is 0 Å². The Morgan fingerprint density at radius 2 is 1.56 bits per heavy atom. The van der Waals surface area contributed by atoms with Crippen LogP contribution in [0.25, 0.3) is 0 Å². The van der Waals surface area contributed by atoms with Crippen LogP contribution in [0.1, 0.15) is 52.4 Å². The molecule has 0 atom stereocenters. The fourth-order valence-corrected chi connectivity index (χ4v) is 2.58. The van der Waals surface area contributed by atoms with Gasteiger partial charge in [0.1, 0.15) is 0 Å². The van der Waals surface area contributed by atoms with Crippen molar-refractivity contribution in [2.24, 2.45) is 0 Å². The van der Waals surface area contributed by atoms with Crippen molar-refractivity contribution in [3.8, 4) is 0 Å². The number of quaternary nitrogens is 1. The van der Waals surface area contributed by atoms with Crippen LogP contribution in [0.3, 0.4) is 0 Å². The largest absolute Gasteiger partial charge is 0.748 e. The first-order valence-electron chi connectivity index (χ1n) is 7.09. The maximum absolute atomic E-state index is 9.08.